The first-order valence-electron chi connectivity index (χ1n) is 7.66. The minimum Gasteiger partial charge on any atom is -0.426 e. The van der Waals surface area contributed by atoms with Crippen molar-refractivity contribution in [2.24, 2.45) is 11.8 Å². The van der Waals surface area contributed by atoms with E-state index in [-0.39, 0.29) is 23.2 Å². The number of esters is 1. The van der Waals surface area contributed by atoms with Crippen molar-refractivity contribution in [3.05, 3.63) is 42.2 Å². The number of carbonyl (C=O) groups excluding carboxylic acids is 1. The van der Waals surface area contributed by atoms with Gasteiger partial charge in [-0.2, -0.15) is 5.26 Å². The molecule has 0 unspecified atom stereocenters. The van der Waals surface area contributed by atoms with E-state index in [0.717, 1.165) is 44.6 Å². The lowest BCUT2D eigenvalue weighted by Crippen LogP contribution is -2.25. The van der Waals surface area contributed by atoms with E-state index >= 15 is 0 Å². The maximum Gasteiger partial charge on any atom is 0.314 e. The molecule has 0 N–H and O–H groups in total. The maximum atomic E-state index is 13.5. The lowest BCUT2D eigenvalue weighted by atomic mass is 9.80. The van der Waals surface area contributed by atoms with E-state index < -0.39 is 5.82 Å². The molecule has 1 fully saturated rings. The minimum atomic E-state index is -0.666. The van der Waals surface area contributed by atoms with E-state index in [2.05, 4.69) is 6.58 Å². The first-order chi connectivity index (χ1) is 10.6. The summed E-state index contributed by atoms with van der Waals surface area (Å²) >= 11 is 0. The summed E-state index contributed by atoms with van der Waals surface area (Å²) in [6.07, 6.45) is 7.76. The smallest absolute Gasteiger partial charge is 0.314 e. The highest BCUT2D eigenvalue weighted by Crippen LogP contribution is 2.32. The number of halogens is 1. The van der Waals surface area contributed by atoms with Crippen LogP contribution in [0.4, 0.5) is 4.39 Å². The highest BCUT2D eigenvalue weighted by atomic mass is 19.1. The highest BCUT2D eigenvalue weighted by Gasteiger charge is 2.27. The lowest BCUT2D eigenvalue weighted by Gasteiger charge is -2.26. The number of nitrogens with zero attached hydrogens (tertiary/aromatic N) is 1. The molecule has 0 aromatic heterocycles. The Labute approximate surface area is 130 Å². The topological polar surface area (TPSA) is 50.1 Å². The fourth-order valence-electron chi connectivity index (χ4n) is 2.89. The largest absolute Gasteiger partial charge is 0.426 e. The Morgan fingerprint density at radius 2 is 2.14 bits per heavy atom. The van der Waals surface area contributed by atoms with Crippen molar-refractivity contribution in [2.45, 2.75) is 38.5 Å². The number of nitriles is 1. The Balaban J connectivity index is 1.87. The zero-order valence-electron chi connectivity index (χ0n) is 12.6. The summed E-state index contributed by atoms with van der Waals surface area (Å²) in [7, 11) is 0. The molecule has 1 aliphatic rings. The normalized spacial score (nSPS) is 20.9. The van der Waals surface area contributed by atoms with E-state index in [1.807, 2.05) is 6.08 Å². The van der Waals surface area contributed by atoms with Crippen LogP contribution in [0.5, 0.6) is 5.75 Å². The van der Waals surface area contributed by atoms with E-state index in [0.29, 0.717) is 5.92 Å². The van der Waals surface area contributed by atoms with Gasteiger partial charge >= 0.3 is 5.97 Å². The zero-order chi connectivity index (χ0) is 15.9. The third-order valence-corrected chi connectivity index (χ3v) is 4.24. The third-order valence-electron chi connectivity index (χ3n) is 4.24. The fraction of sp³-hybridized carbons (Fsp3) is 0.444. The van der Waals surface area contributed by atoms with Crippen LogP contribution in [0, 0.1) is 29.0 Å². The number of hydrogen-bond acceptors (Lipinski definition) is 3. The van der Waals surface area contributed by atoms with E-state index in [1.165, 1.54) is 12.1 Å². The Hall–Kier alpha value is -2.15. The maximum absolute atomic E-state index is 13.5. The predicted octanol–water partition coefficient (Wildman–Crippen LogP) is 4.38. The van der Waals surface area contributed by atoms with Gasteiger partial charge in [-0.15, -0.1) is 6.58 Å². The third kappa shape index (κ3) is 4.17. The fourth-order valence-corrected chi connectivity index (χ4v) is 2.89. The molecular weight excluding hydrogens is 281 g/mol. The summed E-state index contributed by atoms with van der Waals surface area (Å²) in [5.41, 5.74) is -0.0532. The molecule has 0 aliphatic heterocycles. The van der Waals surface area contributed by atoms with Gasteiger partial charge in [0, 0.05) is 6.07 Å². The lowest BCUT2D eigenvalue weighted by molar-refractivity contribution is -0.140. The molecule has 0 radical (unpaired) electrons. The summed E-state index contributed by atoms with van der Waals surface area (Å²) in [4.78, 5) is 12.1. The van der Waals surface area contributed by atoms with Gasteiger partial charge in [-0.1, -0.05) is 6.08 Å². The van der Waals surface area contributed by atoms with Crippen LogP contribution < -0.4 is 4.74 Å². The molecule has 0 heterocycles. The second kappa shape index (κ2) is 7.74. The van der Waals surface area contributed by atoms with Gasteiger partial charge in [-0.3, -0.25) is 4.79 Å². The summed E-state index contributed by atoms with van der Waals surface area (Å²) < 4.78 is 18.7. The molecule has 3 nitrogen and oxygen atoms in total. The van der Waals surface area contributed by atoms with Crippen LogP contribution in [-0.4, -0.2) is 5.97 Å². The molecule has 2 rings (SSSR count). The van der Waals surface area contributed by atoms with Gasteiger partial charge in [0.05, 0.1) is 11.5 Å². The number of hydrogen-bond donors (Lipinski definition) is 0. The van der Waals surface area contributed by atoms with Crippen molar-refractivity contribution in [1.29, 1.82) is 5.26 Å². The SMILES string of the molecule is C=CCCC1CCC(C(=O)Oc2ccc(C#N)c(F)c2)CC1. The molecule has 0 spiro atoms. The Morgan fingerprint density at radius 3 is 2.73 bits per heavy atom. The van der Waals surface area contributed by atoms with Crippen molar-refractivity contribution < 1.29 is 13.9 Å². The number of rotatable bonds is 5. The zero-order valence-corrected chi connectivity index (χ0v) is 12.6. The number of ether oxygens (including phenoxy) is 1. The summed E-state index contributed by atoms with van der Waals surface area (Å²) in [6.45, 7) is 3.73. The van der Waals surface area contributed by atoms with Crippen LogP contribution in [-0.2, 0) is 4.79 Å². The van der Waals surface area contributed by atoms with Crippen LogP contribution >= 0.6 is 0 Å². The van der Waals surface area contributed by atoms with Gasteiger partial charge < -0.3 is 4.74 Å². The Kier molecular flexibility index (Phi) is 5.71. The average Bonchev–Trinajstić information content (AvgIpc) is 2.53. The predicted molar refractivity (Wildman–Crippen MR) is 81.6 cm³/mol. The molecular formula is C18H20FNO2. The van der Waals surface area contributed by atoms with Crippen LogP contribution in [0.3, 0.4) is 0 Å². The first kappa shape index (κ1) is 16.2. The number of carbonyl (C=O) groups is 1. The molecule has 1 aromatic rings. The van der Waals surface area contributed by atoms with Crippen LogP contribution in [0.1, 0.15) is 44.1 Å². The summed E-state index contributed by atoms with van der Waals surface area (Å²) in [5.74, 6) is -0.254. The molecule has 1 saturated carbocycles. The Bertz CT molecular complexity index is 583. The summed E-state index contributed by atoms with van der Waals surface area (Å²) in [5, 5.41) is 8.68. The highest BCUT2D eigenvalue weighted by molar-refractivity contribution is 5.75. The minimum absolute atomic E-state index is 0.0532. The van der Waals surface area contributed by atoms with Gasteiger partial charge in [0.1, 0.15) is 17.6 Å². The van der Waals surface area contributed by atoms with Gasteiger partial charge in [-0.25, -0.2) is 4.39 Å². The molecule has 1 aliphatic carbocycles. The molecule has 116 valence electrons. The second-order valence-electron chi connectivity index (χ2n) is 5.76. The molecule has 0 saturated heterocycles. The first-order valence-corrected chi connectivity index (χ1v) is 7.66. The van der Waals surface area contributed by atoms with Crippen molar-refractivity contribution in [3.8, 4) is 11.8 Å². The van der Waals surface area contributed by atoms with Crippen molar-refractivity contribution >= 4 is 5.97 Å². The van der Waals surface area contributed by atoms with Crippen molar-refractivity contribution in [3.63, 3.8) is 0 Å². The summed E-state index contributed by atoms with van der Waals surface area (Å²) in [6, 6.07) is 5.60. The number of benzene rings is 1. The van der Waals surface area contributed by atoms with Gasteiger partial charge in [-0.05, 0) is 56.6 Å². The van der Waals surface area contributed by atoms with E-state index in [4.69, 9.17) is 10.00 Å². The van der Waals surface area contributed by atoms with Crippen LogP contribution in [0.15, 0.2) is 30.9 Å². The monoisotopic (exact) mass is 301 g/mol. The van der Waals surface area contributed by atoms with E-state index in [1.54, 1.807) is 6.07 Å². The molecule has 0 bridgehead atoms. The molecule has 0 atom stereocenters. The standard InChI is InChI=1S/C18H20FNO2/c1-2-3-4-13-5-7-14(8-6-13)18(21)22-16-10-9-15(12-20)17(19)11-16/h2,9-11,13-14H,1,3-8H2. The van der Waals surface area contributed by atoms with Crippen molar-refractivity contribution in [1.82, 2.24) is 0 Å². The molecule has 4 heteroatoms. The average molecular weight is 301 g/mol. The van der Waals surface area contributed by atoms with Gasteiger partial charge in [0.15, 0.2) is 0 Å². The van der Waals surface area contributed by atoms with Crippen LogP contribution in [0.2, 0.25) is 0 Å². The quantitative estimate of drug-likeness (QED) is 0.461. The molecule has 0 amide bonds. The molecule has 22 heavy (non-hydrogen) atoms. The second-order valence-corrected chi connectivity index (χ2v) is 5.76. The van der Waals surface area contributed by atoms with Crippen LogP contribution in [0.25, 0.3) is 0 Å². The van der Waals surface area contributed by atoms with E-state index in [9.17, 15) is 9.18 Å². The Morgan fingerprint density at radius 1 is 1.41 bits per heavy atom. The number of allylic oxidation sites excluding steroid dienone is 1. The van der Waals surface area contributed by atoms with Gasteiger partial charge in [0.25, 0.3) is 0 Å². The molecule has 1 aromatic carbocycles. The van der Waals surface area contributed by atoms with Gasteiger partial charge in [0.2, 0.25) is 0 Å². The van der Waals surface area contributed by atoms with Crippen molar-refractivity contribution in [2.75, 3.05) is 0 Å².